The molecule has 176 valence electrons. The van der Waals surface area contributed by atoms with E-state index in [1.165, 1.54) is 18.2 Å². The number of methoxy groups -OCH3 is 2. The number of ether oxygens (including phenoxy) is 2. The lowest BCUT2D eigenvalue weighted by Crippen LogP contribution is -2.49. The Kier molecular flexibility index (Phi) is 6.78. The van der Waals surface area contributed by atoms with E-state index < -0.39 is 10.8 Å². The SMILES string of the molecule is COc1ccc(-c2ccc(N3CCN(C(=O)c4cc(Cl)ccc4[N+](=O)[O-])CC3)nn2)cc1OC. The van der Waals surface area contributed by atoms with Crippen LogP contribution < -0.4 is 14.4 Å². The molecule has 0 aliphatic carbocycles. The van der Waals surface area contributed by atoms with Gasteiger partial charge in [0.15, 0.2) is 17.3 Å². The largest absolute Gasteiger partial charge is 0.493 e. The molecule has 0 saturated carbocycles. The first kappa shape index (κ1) is 23.2. The molecule has 0 N–H and O–H groups in total. The lowest BCUT2D eigenvalue weighted by molar-refractivity contribution is -0.385. The zero-order valence-electron chi connectivity index (χ0n) is 18.6. The number of halogens is 1. The van der Waals surface area contributed by atoms with Crippen LogP contribution in [0.2, 0.25) is 5.02 Å². The Morgan fingerprint density at radius 2 is 1.71 bits per heavy atom. The molecule has 34 heavy (non-hydrogen) atoms. The molecule has 0 spiro atoms. The number of hydrogen-bond acceptors (Lipinski definition) is 8. The molecular formula is C23H22ClN5O5. The molecule has 2 aromatic carbocycles. The first-order valence-electron chi connectivity index (χ1n) is 10.5. The van der Waals surface area contributed by atoms with Crippen molar-refractivity contribution in [3.8, 4) is 22.8 Å². The molecule has 1 fully saturated rings. The summed E-state index contributed by atoms with van der Waals surface area (Å²) in [5.41, 5.74) is 1.26. The number of benzene rings is 2. The Morgan fingerprint density at radius 1 is 0.971 bits per heavy atom. The van der Waals surface area contributed by atoms with Crippen LogP contribution in [0, 0.1) is 10.1 Å². The molecule has 0 atom stereocenters. The Labute approximate surface area is 200 Å². The molecule has 10 nitrogen and oxygen atoms in total. The minimum absolute atomic E-state index is 0.00925. The van der Waals surface area contributed by atoms with Gasteiger partial charge in [-0.3, -0.25) is 14.9 Å². The van der Waals surface area contributed by atoms with Gasteiger partial charge in [-0.05, 0) is 42.5 Å². The number of hydrogen-bond donors (Lipinski definition) is 0. The number of rotatable bonds is 6. The van der Waals surface area contributed by atoms with Crippen molar-refractivity contribution in [2.24, 2.45) is 0 Å². The highest BCUT2D eigenvalue weighted by atomic mass is 35.5. The van der Waals surface area contributed by atoms with Crippen molar-refractivity contribution < 1.29 is 19.2 Å². The minimum atomic E-state index is -0.574. The fraction of sp³-hybridized carbons (Fsp3) is 0.261. The van der Waals surface area contributed by atoms with Gasteiger partial charge in [-0.1, -0.05) is 11.6 Å². The van der Waals surface area contributed by atoms with E-state index in [2.05, 4.69) is 10.2 Å². The van der Waals surface area contributed by atoms with Crippen LogP contribution >= 0.6 is 11.6 Å². The molecule has 0 unspecified atom stereocenters. The van der Waals surface area contributed by atoms with Crippen LogP contribution in [0.4, 0.5) is 11.5 Å². The second-order valence-corrected chi connectivity index (χ2v) is 7.98. The van der Waals surface area contributed by atoms with Gasteiger partial charge in [0.05, 0.1) is 24.8 Å². The number of amides is 1. The third kappa shape index (κ3) is 4.72. The lowest BCUT2D eigenvalue weighted by atomic mass is 10.1. The van der Waals surface area contributed by atoms with E-state index >= 15 is 0 Å². The predicted molar refractivity (Wildman–Crippen MR) is 127 cm³/mol. The van der Waals surface area contributed by atoms with Crippen LogP contribution in [0.1, 0.15) is 10.4 Å². The monoisotopic (exact) mass is 483 g/mol. The number of nitrogens with zero attached hydrogens (tertiary/aromatic N) is 5. The fourth-order valence-electron chi connectivity index (χ4n) is 3.79. The smallest absolute Gasteiger partial charge is 0.282 e. The van der Waals surface area contributed by atoms with Crippen molar-refractivity contribution in [2.75, 3.05) is 45.3 Å². The molecular weight excluding hydrogens is 462 g/mol. The maximum atomic E-state index is 12.9. The predicted octanol–water partition coefficient (Wildman–Crippen LogP) is 3.68. The number of carbonyl (C=O) groups is 1. The summed E-state index contributed by atoms with van der Waals surface area (Å²) in [4.78, 5) is 27.3. The van der Waals surface area contributed by atoms with E-state index in [4.69, 9.17) is 21.1 Å². The van der Waals surface area contributed by atoms with Gasteiger partial charge >= 0.3 is 0 Å². The molecule has 1 aliphatic rings. The summed E-state index contributed by atoms with van der Waals surface area (Å²) in [6.07, 6.45) is 0. The highest BCUT2D eigenvalue weighted by Gasteiger charge is 2.28. The van der Waals surface area contributed by atoms with Crippen molar-refractivity contribution in [3.63, 3.8) is 0 Å². The molecule has 0 bridgehead atoms. The van der Waals surface area contributed by atoms with E-state index in [0.29, 0.717) is 49.2 Å². The number of anilines is 1. The first-order chi connectivity index (χ1) is 16.4. The maximum absolute atomic E-state index is 12.9. The Morgan fingerprint density at radius 3 is 2.32 bits per heavy atom. The molecule has 0 radical (unpaired) electrons. The summed E-state index contributed by atoms with van der Waals surface area (Å²) < 4.78 is 10.6. The van der Waals surface area contributed by atoms with E-state index in [0.717, 1.165) is 5.56 Å². The third-order valence-electron chi connectivity index (χ3n) is 5.61. The summed E-state index contributed by atoms with van der Waals surface area (Å²) in [5, 5.41) is 20.3. The summed E-state index contributed by atoms with van der Waals surface area (Å²) in [7, 11) is 3.15. The van der Waals surface area contributed by atoms with Gasteiger partial charge in [-0.2, -0.15) is 0 Å². The molecule has 11 heteroatoms. The second kappa shape index (κ2) is 9.92. The van der Waals surface area contributed by atoms with E-state index in [1.54, 1.807) is 19.1 Å². The Bertz CT molecular complexity index is 1210. The highest BCUT2D eigenvalue weighted by molar-refractivity contribution is 6.31. The summed E-state index contributed by atoms with van der Waals surface area (Å²) in [5.74, 6) is 1.51. The molecule has 4 rings (SSSR count). The lowest BCUT2D eigenvalue weighted by Gasteiger charge is -2.35. The van der Waals surface area contributed by atoms with Gasteiger partial charge in [0.2, 0.25) is 0 Å². The van der Waals surface area contributed by atoms with Crippen LogP contribution in [0.3, 0.4) is 0 Å². The van der Waals surface area contributed by atoms with Crippen molar-refractivity contribution >= 4 is 29.0 Å². The number of piperazine rings is 1. The Balaban J connectivity index is 1.44. The zero-order chi connectivity index (χ0) is 24.2. The van der Waals surface area contributed by atoms with E-state index in [1.807, 2.05) is 35.2 Å². The van der Waals surface area contributed by atoms with Crippen molar-refractivity contribution in [1.82, 2.24) is 15.1 Å². The van der Waals surface area contributed by atoms with Crippen LogP contribution in [0.5, 0.6) is 11.5 Å². The quantitative estimate of drug-likeness (QED) is 0.385. The van der Waals surface area contributed by atoms with Gasteiger partial charge in [0.25, 0.3) is 11.6 Å². The zero-order valence-corrected chi connectivity index (χ0v) is 19.4. The van der Waals surface area contributed by atoms with Crippen LogP contribution in [-0.2, 0) is 0 Å². The van der Waals surface area contributed by atoms with Crippen molar-refractivity contribution in [2.45, 2.75) is 0 Å². The highest BCUT2D eigenvalue weighted by Crippen LogP contribution is 2.32. The molecule has 2 heterocycles. The maximum Gasteiger partial charge on any atom is 0.282 e. The van der Waals surface area contributed by atoms with Crippen LogP contribution in [-0.4, -0.2) is 66.3 Å². The van der Waals surface area contributed by atoms with E-state index in [9.17, 15) is 14.9 Å². The van der Waals surface area contributed by atoms with Crippen LogP contribution in [0.15, 0.2) is 48.5 Å². The summed E-state index contributed by atoms with van der Waals surface area (Å²) in [6, 6.07) is 13.3. The molecule has 1 aliphatic heterocycles. The molecule has 3 aromatic rings. The number of carbonyl (C=O) groups excluding carboxylic acids is 1. The fourth-order valence-corrected chi connectivity index (χ4v) is 3.96. The Hall–Kier alpha value is -3.92. The number of nitro groups is 1. The average molecular weight is 484 g/mol. The van der Waals surface area contributed by atoms with Gasteiger partial charge in [-0.25, -0.2) is 0 Å². The molecule has 1 aromatic heterocycles. The third-order valence-corrected chi connectivity index (χ3v) is 5.84. The van der Waals surface area contributed by atoms with Gasteiger partial charge in [0.1, 0.15) is 5.56 Å². The van der Waals surface area contributed by atoms with Crippen LogP contribution in [0.25, 0.3) is 11.3 Å². The standard InChI is InChI=1S/C23H22ClN5O5/c1-33-20-7-3-15(13-21(20)34-2)18-5-8-22(26-25-18)27-9-11-28(12-10-27)23(30)17-14-16(24)4-6-19(17)29(31)32/h3-8,13-14H,9-12H2,1-2H3. The van der Waals surface area contributed by atoms with Gasteiger partial charge in [-0.15, -0.1) is 10.2 Å². The summed E-state index contributed by atoms with van der Waals surface area (Å²) in [6.45, 7) is 1.82. The van der Waals surface area contributed by atoms with Gasteiger partial charge in [0, 0.05) is 42.8 Å². The molecule has 1 amide bonds. The van der Waals surface area contributed by atoms with Crippen molar-refractivity contribution in [3.05, 3.63) is 69.2 Å². The molecule has 1 saturated heterocycles. The van der Waals surface area contributed by atoms with Crippen molar-refractivity contribution in [1.29, 1.82) is 0 Å². The normalized spacial score (nSPS) is 13.5. The number of nitro benzene ring substituents is 1. The topological polar surface area (TPSA) is 111 Å². The average Bonchev–Trinajstić information content (AvgIpc) is 2.87. The minimum Gasteiger partial charge on any atom is -0.493 e. The summed E-state index contributed by atoms with van der Waals surface area (Å²) >= 11 is 5.97. The van der Waals surface area contributed by atoms with Gasteiger partial charge < -0.3 is 19.3 Å². The van der Waals surface area contributed by atoms with E-state index in [-0.39, 0.29) is 16.3 Å². The first-order valence-corrected chi connectivity index (χ1v) is 10.8. The second-order valence-electron chi connectivity index (χ2n) is 7.54. The number of aromatic nitrogens is 2.